The molecule has 0 aliphatic carbocycles. The van der Waals surface area contributed by atoms with E-state index in [0.717, 1.165) is 11.3 Å². The van der Waals surface area contributed by atoms with Gasteiger partial charge in [0.1, 0.15) is 0 Å². The molecule has 0 fully saturated rings. The fraction of sp³-hybridized carbons (Fsp3) is 0.200. The monoisotopic (exact) mass is 365 g/mol. The van der Waals surface area contributed by atoms with E-state index in [4.69, 9.17) is 22.8 Å². The van der Waals surface area contributed by atoms with Gasteiger partial charge in [-0.1, -0.05) is 18.1 Å². The van der Waals surface area contributed by atoms with E-state index >= 15 is 0 Å². The summed E-state index contributed by atoms with van der Waals surface area (Å²) in [4.78, 5) is 8.44. The number of aromatic nitrogens is 2. The number of anilines is 2. The Hall–Kier alpha value is -1.77. The lowest BCUT2D eigenvalue weighted by molar-refractivity contribution is 0.353. The molecule has 0 aliphatic heterocycles. The summed E-state index contributed by atoms with van der Waals surface area (Å²) in [5, 5.41) is 3.05. The van der Waals surface area contributed by atoms with E-state index in [-0.39, 0.29) is 12.0 Å². The average Bonchev–Trinajstić information content (AvgIpc) is 2.48. The largest absolute Gasteiger partial charge is 0.464 e. The summed E-state index contributed by atoms with van der Waals surface area (Å²) in [6.45, 7) is 2.07. The minimum Gasteiger partial charge on any atom is -0.464 e. The lowest BCUT2D eigenvalue weighted by Crippen LogP contribution is -2.02. The fourth-order valence-corrected chi connectivity index (χ4v) is 2.06. The first-order valence-corrected chi connectivity index (χ1v) is 7.43. The van der Waals surface area contributed by atoms with Crippen LogP contribution >= 0.6 is 27.5 Å². The summed E-state index contributed by atoms with van der Waals surface area (Å²) in [5.74, 6) is 3.21. The highest BCUT2D eigenvalue weighted by Gasteiger charge is 2.07. The van der Waals surface area contributed by atoms with Crippen LogP contribution in [0.15, 0.2) is 34.9 Å². The number of nitrogens with one attached hydrogen (secondary N) is 1. The van der Waals surface area contributed by atoms with Gasteiger partial charge in [0.15, 0.2) is 6.61 Å². The molecule has 0 bridgehead atoms. The van der Waals surface area contributed by atoms with Gasteiger partial charge in [-0.2, -0.15) is 4.98 Å². The Labute approximate surface area is 137 Å². The van der Waals surface area contributed by atoms with Gasteiger partial charge in [0, 0.05) is 5.69 Å². The minimum absolute atomic E-state index is 0.0629. The van der Waals surface area contributed by atoms with Crippen molar-refractivity contribution in [2.45, 2.75) is 12.3 Å². The van der Waals surface area contributed by atoms with Gasteiger partial charge < -0.3 is 10.1 Å². The highest BCUT2D eigenvalue weighted by atomic mass is 79.9. The van der Waals surface area contributed by atoms with Crippen molar-refractivity contribution >= 4 is 39.2 Å². The van der Waals surface area contributed by atoms with Gasteiger partial charge in [0.25, 0.3) is 0 Å². The van der Waals surface area contributed by atoms with E-state index in [1.165, 1.54) is 0 Å². The maximum absolute atomic E-state index is 6.08. The van der Waals surface area contributed by atoms with Gasteiger partial charge in [-0.15, -0.1) is 18.0 Å². The summed E-state index contributed by atoms with van der Waals surface area (Å²) in [5.41, 5.74) is 1.87. The molecular formula is C15H13BrClN3O. The summed E-state index contributed by atoms with van der Waals surface area (Å²) >= 11 is 9.39. The van der Waals surface area contributed by atoms with Crippen molar-refractivity contribution in [1.29, 1.82) is 0 Å². The van der Waals surface area contributed by atoms with E-state index < -0.39 is 0 Å². The predicted octanol–water partition coefficient (Wildman–Crippen LogP) is 4.29. The van der Waals surface area contributed by atoms with Crippen LogP contribution in [0.5, 0.6) is 5.88 Å². The van der Waals surface area contributed by atoms with Gasteiger partial charge in [0.05, 0.1) is 16.0 Å². The van der Waals surface area contributed by atoms with Crippen LogP contribution < -0.4 is 10.1 Å². The molecule has 0 radical (unpaired) electrons. The SMILES string of the molecule is C#CCOc1nc(Nc2cccc(C(C)Cl)c2)ncc1Br. The van der Waals surface area contributed by atoms with Gasteiger partial charge in [-0.3, -0.25) is 0 Å². The topological polar surface area (TPSA) is 47.0 Å². The number of nitrogens with zero attached hydrogens (tertiary/aromatic N) is 2. The Kier molecular flexibility index (Phi) is 5.43. The average molecular weight is 367 g/mol. The highest BCUT2D eigenvalue weighted by molar-refractivity contribution is 9.10. The molecular weight excluding hydrogens is 354 g/mol. The number of rotatable bonds is 5. The van der Waals surface area contributed by atoms with Crippen LogP contribution in [0, 0.1) is 12.3 Å². The van der Waals surface area contributed by atoms with Crippen molar-refractivity contribution in [3.05, 3.63) is 40.5 Å². The first kappa shape index (κ1) is 15.6. The van der Waals surface area contributed by atoms with Crippen molar-refractivity contribution < 1.29 is 4.74 Å². The van der Waals surface area contributed by atoms with Crippen LogP contribution in [0.1, 0.15) is 17.9 Å². The number of alkyl halides is 1. The van der Waals surface area contributed by atoms with Crippen molar-refractivity contribution in [3.63, 3.8) is 0 Å². The summed E-state index contributed by atoms with van der Waals surface area (Å²) in [6.07, 6.45) is 6.78. The zero-order valence-corrected chi connectivity index (χ0v) is 13.6. The van der Waals surface area contributed by atoms with E-state index in [1.54, 1.807) is 6.20 Å². The maximum atomic E-state index is 6.08. The molecule has 1 unspecified atom stereocenters. The van der Waals surface area contributed by atoms with E-state index in [2.05, 4.69) is 37.1 Å². The first-order valence-electron chi connectivity index (χ1n) is 6.20. The number of hydrogen-bond acceptors (Lipinski definition) is 4. The third kappa shape index (κ3) is 4.35. The summed E-state index contributed by atoms with van der Waals surface area (Å²) in [6, 6.07) is 7.75. The maximum Gasteiger partial charge on any atom is 0.233 e. The Balaban J connectivity index is 2.19. The molecule has 0 saturated carbocycles. The summed E-state index contributed by atoms with van der Waals surface area (Å²) in [7, 11) is 0. The van der Waals surface area contributed by atoms with E-state index in [9.17, 15) is 0 Å². The second-order valence-corrected chi connectivity index (χ2v) is 5.71. The number of terminal acetylenes is 1. The van der Waals surface area contributed by atoms with Crippen LogP contribution in [0.3, 0.4) is 0 Å². The molecule has 1 aromatic heterocycles. The molecule has 0 amide bonds. The van der Waals surface area contributed by atoms with Crippen LogP contribution in [0.2, 0.25) is 0 Å². The molecule has 21 heavy (non-hydrogen) atoms. The van der Waals surface area contributed by atoms with Crippen LogP contribution in [0.25, 0.3) is 0 Å². The minimum atomic E-state index is -0.0629. The number of ether oxygens (including phenoxy) is 1. The molecule has 2 rings (SSSR count). The van der Waals surface area contributed by atoms with Crippen LogP contribution in [0.4, 0.5) is 11.6 Å². The highest BCUT2D eigenvalue weighted by Crippen LogP contribution is 2.26. The lowest BCUT2D eigenvalue weighted by atomic mass is 10.1. The number of halogens is 2. The molecule has 1 N–H and O–H groups in total. The number of hydrogen-bond donors (Lipinski definition) is 1. The van der Waals surface area contributed by atoms with Gasteiger partial charge in [-0.05, 0) is 40.5 Å². The standard InChI is InChI=1S/C15H13BrClN3O/c1-3-7-21-14-13(16)9-18-15(20-14)19-12-6-4-5-11(8-12)10(2)17/h1,4-6,8-10H,7H2,2H3,(H,18,19,20). The molecule has 1 heterocycles. The Morgan fingerprint density at radius 3 is 3.05 bits per heavy atom. The Morgan fingerprint density at radius 1 is 1.52 bits per heavy atom. The first-order chi connectivity index (χ1) is 10.1. The molecule has 1 aromatic carbocycles. The second-order valence-electron chi connectivity index (χ2n) is 4.21. The van der Waals surface area contributed by atoms with Crippen molar-refractivity contribution in [3.8, 4) is 18.2 Å². The number of benzene rings is 1. The van der Waals surface area contributed by atoms with E-state index in [0.29, 0.717) is 16.3 Å². The normalized spacial score (nSPS) is 11.5. The Morgan fingerprint density at radius 2 is 2.33 bits per heavy atom. The smallest absolute Gasteiger partial charge is 0.233 e. The van der Waals surface area contributed by atoms with Crippen molar-refractivity contribution in [1.82, 2.24) is 9.97 Å². The molecule has 0 aliphatic rings. The zero-order valence-electron chi connectivity index (χ0n) is 11.3. The van der Waals surface area contributed by atoms with Crippen molar-refractivity contribution in [2.75, 3.05) is 11.9 Å². The molecule has 2 aromatic rings. The van der Waals surface area contributed by atoms with Crippen LogP contribution in [-0.4, -0.2) is 16.6 Å². The van der Waals surface area contributed by atoms with Crippen molar-refractivity contribution in [2.24, 2.45) is 0 Å². The third-order valence-corrected chi connectivity index (χ3v) is 3.40. The Bertz CT molecular complexity index is 670. The summed E-state index contributed by atoms with van der Waals surface area (Å²) < 4.78 is 5.98. The van der Waals surface area contributed by atoms with Gasteiger partial charge >= 0.3 is 0 Å². The quantitative estimate of drug-likeness (QED) is 0.633. The van der Waals surface area contributed by atoms with Gasteiger partial charge in [-0.25, -0.2) is 4.98 Å². The second kappa shape index (κ2) is 7.30. The molecule has 4 nitrogen and oxygen atoms in total. The fourth-order valence-electron chi connectivity index (χ4n) is 1.62. The van der Waals surface area contributed by atoms with Crippen LogP contribution in [-0.2, 0) is 0 Å². The van der Waals surface area contributed by atoms with Gasteiger partial charge in [0.2, 0.25) is 11.8 Å². The lowest BCUT2D eigenvalue weighted by Gasteiger charge is -2.10. The van der Waals surface area contributed by atoms with E-state index in [1.807, 2.05) is 31.2 Å². The molecule has 0 spiro atoms. The third-order valence-electron chi connectivity index (χ3n) is 2.61. The predicted molar refractivity (Wildman–Crippen MR) is 88.1 cm³/mol. The molecule has 6 heteroatoms. The molecule has 0 saturated heterocycles. The molecule has 1 atom stereocenters. The zero-order chi connectivity index (χ0) is 15.2. The molecule has 108 valence electrons.